The number of hydrogen-bond donors (Lipinski definition) is 0. The van der Waals surface area contributed by atoms with Crippen LogP contribution in [0.5, 0.6) is 0 Å². The van der Waals surface area contributed by atoms with Crippen LogP contribution in [0.1, 0.15) is 0 Å². The van der Waals surface area contributed by atoms with Crippen LogP contribution in [0.3, 0.4) is 0 Å². The Bertz CT molecular complexity index is 395. The minimum atomic E-state index is -7.66. The van der Waals surface area contributed by atoms with E-state index in [1.807, 2.05) is 22.9 Å². The Kier molecular flexibility index (Phi) is 5.84. The maximum absolute atomic E-state index is 12.0. The van der Waals surface area contributed by atoms with Crippen molar-refractivity contribution in [3.05, 3.63) is 22.9 Å². The Balaban J connectivity index is 0.000000734. The summed E-state index contributed by atoms with van der Waals surface area (Å²) >= 11 is 1.71. The van der Waals surface area contributed by atoms with Gasteiger partial charge in [-0.1, -0.05) is 12.1 Å². The lowest BCUT2D eigenvalue weighted by Crippen LogP contribution is -2.65. The van der Waals surface area contributed by atoms with Crippen molar-refractivity contribution in [2.24, 2.45) is 0 Å². The largest absolute Gasteiger partial charge is 0.460 e. The fraction of sp³-hybridized carbons (Fsp3) is 0.556. The Morgan fingerprint density at radius 3 is 0.864 bits per heavy atom. The average molecular weight is 372 g/mol. The molecule has 0 bridgehead atoms. The zero-order valence-corrected chi connectivity index (χ0v) is 10.6. The molecule has 13 heteroatoms. The van der Waals surface area contributed by atoms with Crippen LogP contribution < -0.4 is 0 Å². The summed E-state index contributed by atoms with van der Waals surface area (Å²) in [4.78, 5) is 0. The van der Waals surface area contributed by atoms with Crippen molar-refractivity contribution in [3.63, 3.8) is 0 Å². The van der Waals surface area contributed by atoms with E-state index in [0.29, 0.717) is 0 Å². The van der Waals surface area contributed by atoms with Gasteiger partial charge in [0.15, 0.2) is 0 Å². The molecular weight excluding hydrogens is 368 g/mol. The van der Waals surface area contributed by atoms with Gasteiger partial charge in [-0.25, -0.2) is 0 Å². The van der Waals surface area contributed by atoms with E-state index in [2.05, 4.69) is 0 Å². The molecule has 0 radical (unpaired) electrons. The number of halogens is 12. The molecule has 0 saturated carbocycles. The van der Waals surface area contributed by atoms with Gasteiger partial charge in [0.2, 0.25) is 0 Å². The molecule has 0 atom stereocenters. The van der Waals surface area contributed by atoms with Crippen LogP contribution in [0.15, 0.2) is 22.9 Å². The first-order valence-electron chi connectivity index (χ1n) is 4.74. The first kappa shape index (κ1) is 20.9. The van der Waals surface area contributed by atoms with Crippen LogP contribution in [0.2, 0.25) is 0 Å². The highest BCUT2D eigenvalue weighted by atomic mass is 32.1. The minimum Gasteiger partial charge on any atom is -0.192 e. The topological polar surface area (TPSA) is 0 Å². The van der Waals surface area contributed by atoms with Gasteiger partial charge in [0.25, 0.3) is 0 Å². The van der Waals surface area contributed by atoms with E-state index in [1.165, 1.54) is 0 Å². The Labute approximate surface area is 118 Å². The molecule has 22 heavy (non-hydrogen) atoms. The monoisotopic (exact) mass is 372 g/mol. The molecule has 0 fully saturated rings. The summed E-state index contributed by atoms with van der Waals surface area (Å²) in [5, 5.41) is 4.08. The summed E-state index contributed by atoms with van der Waals surface area (Å²) in [7, 11) is 0. The molecular formula is C9H4F12S. The average Bonchev–Trinajstić information content (AvgIpc) is 2.83. The second-order valence-electron chi connectivity index (χ2n) is 3.51. The number of thiophene rings is 1. The molecule has 0 aliphatic heterocycles. The summed E-state index contributed by atoms with van der Waals surface area (Å²) in [5.41, 5.74) is 0. The summed E-state index contributed by atoms with van der Waals surface area (Å²) in [6.45, 7) is 0. The molecule has 130 valence electrons. The molecule has 0 N–H and O–H groups in total. The van der Waals surface area contributed by atoms with E-state index in [4.69, 9.17) is 0 Å². The zero-order valence-electron chi connectivity index (χ0n) is 9.75. The van der Waals surface area contributed by atoms with Crippen molar-refractivity contribution in [2.75, 3.05) is 0 Å². The van der Waals surface area contributed by atoms with Gasteiger partial charge in [-0.05, 0) is 10.8 Å². The van der Waals surface area contributed by atoms with Crippen molar-refractivity contribution in [1.29, 1.82) is 0 Å². The van der Waals surface area contributed by atoms with Crippen LogP contribution >= 0.6 is 11.3 Å². The zero-order chi connectivity index (χ0) is 18.0. The summed E-state index contributed by atoms with van der Waals surface area (Å²) < 4.78 is 139. The lowest BCUT2D eigenvalue weighted by molar-refractivity contribution is -0.438. The number of alkyl halides is 12. The Morgan fingerprint density at radius 1 is 0.455 bits per heavy atom. The maximum atomic E-state index is 12.0. The fourth-order valence-corrected chi connectivity index (χ4v) is 1.23. The van der Waals surface area contributed by atoms with E-state index >= 15 is 0 Å². The van der Waals surface area contributed by atoms with Crippen molar-refractivity contribution >= 4 is 11.3 Å². The molecule has 0 aromatic carbocycles. The highest BCUT2D eigenvalue weighted by Crippen LogP contribution is 2.57. The van der Waals surface area contributed by atoms with E-state index < -0.39 is 30.1 Å². The van der Waals surface area contributed by atoms with E-state index in [0.717, 1.165) is 0 Å². The fourth-order valence-electron chi connectivity index (χ4n) is 0.780. The third-order valence-electron chi connectivity index (χ3n) is 1.93. The molecule has 0 saturated heterocycles. The molecule has 0 nitrogen and oxygen atoms in total. The normalized spacial score (nSPS) is 14.4. The van der Waals surface area contributed by atoms with Gasteiger partial charge in [-0.2, -0.15) is 64.0 Å². The standard InChI is InChI=1S/C5F12.C4H4S/c6-1(7,2(8,9)4(12,13)14)3(10,11)5(15,16)17;1-2-4-5-3-1/h;1-4H. The van der Waals surface area contributed by atoms with Gasteiger partial charge in [0, 0.05) is 0 Å². The highest BCUT2D eigenvalue weighted by Gasteiger charge is 2.88. The molecule has 0 aliphatic carbocycles. The lowest BCUT2D eigenvalue weighted by atomic mass is 10.0. The quantitative estimate of drug-likeness (QED) is 0.579. The molecule has 0 spiro atoms. The highest BCUT2D eigenvalue weighted by molar-refractivity contribution is 7.07. The van der Waals surface area contributed by atoms with Crippen molar-refractivity contribution in [1.82, 2.24) is 0 Å². The van der Waals surface area contributed by atoms with Crippen LogP contribution in [0.25, 0.3) is 0 Å². The first-order valence-corrected chi connectivity index (χ1v) is 5.68. The first-order chi connectivity index (χ1) is 9.50. The Morgan fingerprint density at radius 2 is 0.727 bits per heavy atom. The molecule has 1 rings (SSSR count). The number of rotatable bonds is 2. The molecule has 1 aromatic rings. The van der Waals surface area contributed by atoms with E-state index in [-0.39, 0.29) is 0 Å². The SMILES string of the molecule is FC(F)(F)C(F)(F)C(F)(F)C(F)(F)C(F)(F)F.c1ccsc1. The molecule has 0 unspecified atom stereocenters. The van der Waals surface area contributed by atoms with Crippen LogP contribution in [0, 0.1) is 0 Å². The van der Waals surface area contributed by atoms with Gasteiger partial charge in [-0.15, -0.1) is 0 Å². The van der Waals surface area contributed by atoms with Gasteiger partial charge >= 0.3 is 30.1 Å². The summed E-state index contributed by atoms with van der Waals surface area (Å²) in [6.07, 6.45) is -14.5. The summed E-state index contributed by atoms with van der Waals surface area (Å²) in [6, 6.07) is 4.04. The van der Waals surface area contributed by atoms with Gasteiger partial charge in [0.05, 0.1) is 0 Å². The molecule has 1 heterocycles. The van der Waals surface area contributed by atoms with E-state index in [1.54, 1.807) is 11.3 Å². The molecule has 0 amide bonds. The lowest BCUT2D eigenvalue weighted by Gasteiger charge is -2.34. The van der Waals surface area contributed by atoms with Crippen LogP contribution in [-0.2, 0) is 0 Å². The maximum Gasteiger partial charge on any atom is 0.460 e. The van der Waals surface area contributed by atoms with Gasteiger partial charge in [0.1, 0.15) is 0 Å². The smallest absolute Gasteiger partial charge is 0.192 e. The molecule has 1 aromatic heterocycles. The second-order valence-corrected chi connectivity index (χ2v) is 4.33. The van der Waals surface area contributed by atoms with Crippen molar-refractivity contribution < 1.29 is 52.7 Å². The van der Waals surface area contributed by atoms with Crippen molar-refractivity contribution in [3.8, 4) is 0 Å². The third-order valence-corrected chi connectivity index (χ3v) is 2.55. The second kappa shape index (κ2) is 6.16. The number of hydrogen-bond acceptors (Lipinski definition) is 1. The van der Waals surface area contributed by atoms with Gasteiger partial charge in [-0.3, -0.25) is 0 Å². The van der Waals surface area contributed by atoms with Crippen molar-refractivity contribution in [2.45, 2.75) is 30.1 Å². The molecule has 0 aliphatic rings. The van der Waals surface area contributed by atoms with Gasteiger partial charge < -0.3 is 0 Å². The summed E-state index contributed by atoms with van der Waals surface area (Å²) in [5.74, 6) is -22.7. The predicted octanol–water partition coefficient (Wildman–Crippen LogP) is 5.77. The van der Waals surface area contributed by atoms with E-state index in [9.17, 15) is 52.7 Å². The van der Waals surface area contributed by atoms with Crippen LogP contribution in [-0.4, -0.2) is 30.1 Å². The Hall–Kier alpha value is -1.14. The third kappa shape index (κ3) is 3.79. The predicted molar refractivity (Wildman–Crippen MR) is 51.3 cm³/mol. The minimum absolute atomic E-state index is 1.71. The van der Waals surface area contributed by atoms with Crippen LogP contribution in [0.4, 0.5) is 52.7 Å².